The average molecular weight is 262 g/mol. The van der Waals surface area contributed by atoms with Crippen molar-refractivity contribution in [2.45, 2.75) is 24.0 Å². The molecule has 2 aromatic heterocycles. The van der Waals surface area contributed by atoms with Gasteiger partial charge >= 0.3 is 0 Å². The Hall–Kier alpha value is -1.89. The van der Waals surface area contributed by atoms with E-state index < -0.39 is 0 Å². The average Bonchev–Trinajstić information content (AvgIpc) is 2.69. The molecule has 2 heterocycles. The Labute approximate surface area is 109 Å². The number of nitrogens with zero attached hydrogens (tertiary/aromatic N) is 4. The van der Waals surface area contributed by atoms with Crippen molar-refractivity contribution in [3.63, 3.8) is 0 Å². The van der Waals surface area contributed by atoms with E-state index in [1.807, 2.05) is 31.7 Å². The number of aryl methyl sites for hydroxylation is 2. The van der Waals surface area contributed by atoms with E-state index in [-0.39, 0.29) is 5.84 Å². The summed E-state index contributed by atoms with van der Waals surface area (Å²) < 4.78 is 1.88. The van der Waals surface area contributed by atoms with Gasteiger partial charge in [-0.1, -0.05) is 0 Å². The first-order chi connectivity index (χ1) is 8.50. The second-order valence-electron chi connectivity index (χ2n) is 3.93. The SMILES string of the molecule is Cc1nnc(Sc2nccn2C)c(C(=N)N)c1C. The second-order valence-corrected chi connectivity index (χ2v) is 4.88. The predicted octanol–water partition coefficient (Wildman–Crippen LogP) is 1.26. The van der Waals surface area contributed by atoms with Crippen LogP contribution in [-0.2, 0) is 7.05 Å². The van der Waals surface area contributed by atoms with Crippen LogP contribution in [0.15, 0.2) is 22.6 Å². The molecule has 0 bridgehead atoms. The van der Waals surface area contributed by atoms with Gasteiger partial charge in [-0.15, -0.1) is 5.10 Å². The molecule has 0 aromatic carbocycles. The van der Waals surface area contributed by atoms with E-state index in [1.165, 1.54) is 11.8 Å². The predicted molar refractivity (Wildman–Crippen MR) is 69.9 cm³/mol. The van der Waals surface area contributed by atoms with Crippen LogP contribution in [0.25, 0.3) is 0 Å². The maximum atomic E-state index is 7.67. The summed E-state index contributed by atoms with van der Waals surface area (Å²) in [4.78, 5) is 4.21. The Morgan fingerprint density at radius 1 is 1.39 bits per heavy atom. The van der Waals surface area contributed by atoms with Crippen molar-refractivity contribution in [2.24, 2.45) is 12.8 Å². The molecule has 0 aliphatic carbocycles. The summed E-state index contributed by atoms with van der Waals surface area (Å²) in [5.41, 5.74) is 7.93. The van der Waals surface area contributed by atoms with Crippen LogP contribution >= 0.6 is 11.8 Å². The lowest BCUT2D eigenvalue weighted by atomic mass is 10.1. The van der Waals surface area contributed by atoms with E-state index >= 15 is 0 Å². The first-order valence-electron chi connectivity index (χ1n) is 5.34. The van der Waals surface area contributed by atoms with E-state index in [1.54, 1.807) is 6.20 Å². The Morgan fingerprint density at radius 2 is 2.11 bits per heavy atom. The highest BCUT2D eigenvalue weighted by molar-refractivity contribution is 7.99. The molecule has 0 saturated heterocycles. The van der Waals surface area contributed by atoms with Gasteiger partial charge in [0.2, 0.25) is 0 Å². The molecule has 2 rings (SSSR count). The van der Waals surface area contributed by atoms with E-state index in [0.717, 1.165) is 16.4 Å². The Balaban J connectivity index is 2.48. The van der Waals surface area contributed by atoms with Gasteiger partial charge in [-0.25, -0.2) is 4.98 Å². The van der Waals surface area contributed by atoms with Crippen LogP contribution in [0.4, 0.5) is 0 Å². The molecule has 6 nitrogen and oxygen atoms in total. The van der Waals surface area contributed by atoms with Gasteiger partial charge in [0.1, 0.15) is 10.9 Å². The van der Waals surface area contributed by atoms with Crippen LogP contribution in [0.2, 0.25) is 0 Å². The van der Waals surface area contributed by atoms with Crippen molar-refractivity contribution >= 4 is 17.6 Å². The number of nitrogens with one attached hydrogen (secondary N) is 1. The highest BCUT2D eigenvalue weighted by Gasteiger charge is 2.16. The molecule has 0 saturated carbocycles. The molecule has 2 aromatic rings. The second kappa shape index (κ2) is 4.77. The quantitative estimate of drug-likeness (QED) is 0.641. The summed E-state index contributed by atoms with van der Waals surface area (Å²) in [7, 11) is 1.90. The van der Waals surface area contributed by atoms with Crippen molar-refractivity contribution in [3.05, 3.63) is 29.2 Å². The molecule has 0 fully saturated rings. The molecule has 0 spiro atoms. The van der Waals surface area contributed by atoms with Crippen molar-refractivity contribution in [1.29, 1.82) is 5.41 Å². The fraction of sp³-hybridized carbons (Fsp3) is 0.273. The van der Waals surface area contributed by atoms with Gasteiger partial charge in [0.25, 0.3) is 0 Å². The van der Waals surface area contributed by atoms with Crippen LogP contribution in [0.5, 0.6) is 0 Å². The van der Waals surface area contributed by atoms with Gasteiger partial charge in [0.15, 0.2) is 5.16 Å². The first-order valence-corrected chi connectivity index (χ1v) is 6.15. The molecule has 0 aliphatic rings. The number of nitrogen functional groups attached to an aromatic ring is 1. The number of amidine groups is 1. The summed E-state index contributed by atoms with van der Waals surface area (Å²) >= 11 is 1.36. The molecule has 0 unspecified atom stereocenters. The van der Waals surface area contributed by atoms with Crippen LogP contribution in [-0.4, -0.2) is 25.6 Å². The summed E-state index contributed by atoms with van der Waals surface area (Å²) in [6.07, 6.45) is 3.56. The third-order valence-corrected chi connectivity index (χ3v) is 3.71. The summed E-state index contributed by atoms with van der Waals surface area (Å²) in [6, 6.07) is 0. The summed E-state index contributed by atoms with van der Waals surface area (Å²) in [5.74, 6) is 0.00205. The van der Waals surface area contributed by atoms with Gasteiger partial charge < -0.3 is 10.3 Å². The molecule has 0 radical (unpaired) electrons. The third-order valence-electron chi connectivity index (χ3n) is 2.66. The van der Waals surface area contributed by atoms with Gasteiger partial charge in [-0.2, -0.15) is 5.10 Å². The van der Waals surface area contributed by atoms with Gasteiger partial charge in [0, 0.05) is 19.4 Å². The molecule has 0 atom stereocenters. The monoisotopic (exact) mass is 262 g/mol. The molecule has 18 heavy (non-hydrogen) atoms. The number of hydrogen-bond acceptors (Lipinski definition) is 5. The Kier molecular flexibility index (Phi) is 3.33. The number of aromatic nitrogens is 4. The number of imidazole rings is 1. The lowest BCUT2D eigenvalue weighted by molar-refractivity contribution is 0.784. The van der Waals surface area contributed by atoms with E-state index in [0.29, 0.717) is 10.6 Å². The Morgan fingerprint density at radius 3 is 2.67 bits per heavy atom. The lowest BCUT2D eigenvalue weighted by Crippen LogP contribution is -2.17. The van der Waals surface area contributed by atoms with Crippen molar-refractivity contribution < 1.29 is 0 Å². The molecule has 94 valence electrons. The highest BCUT2D eigenvalue weighted by Crippen LogP contribution is 2.28. The minimum absolute atomic E-state index is 0.00205. The van der Waals surface area contributed by atoms with Gasteiger partial charge in [-0.3, -0.25) is 5.41 Å². The molecular weight excluding hydrogens is 248 g/mol. The normalized spacial score (nSPS) is 10.6. The standard InChI is InChI=1S/C11H14N6S/c1-6-7(2)15-16-10(8(6)9(12)13)18-11-14-4-5-17(11)3/h4-5H,1-3H3,(H3,12,13). The highest BCUT2D eigenvalue weighted by atomic mass is 32.2. The smallest absolute Gasteiger partial charge is 0.174 e. The van der Waals surface area contributed by atoms with Crippen LogP contribution in [0.3, 0.4) is 0 Å². The molecule has 3 N–H and O–H groups in total. The largest absolute Gasteiger partial charge is 0.384 e. The topological polar surface area (TPSA) is 93.5 Å². The zero-order valence-corrected chi connectivity index (χ0v) is 11.2. The van der Waals surface area contributed by atoms with Crippen LogP contribution < -0.4 is 5.73 Å². The van der Waals surface area contributed by atoms with Gasteiger partial charge in [0.05, 0.1) is 11.3 Å². The van der Waals surface area contributed by atoms with E-state index in [9.17, 15) is 0 Å². The minimum Gasteiger partial charge on any atom is -0.384 e. The van der Waals surface area contributed by atoms with Crippen molar-refractivity contribution in [3.8, 4) is 0 Å². The minimum atomic E-state index is 0.00205. The van der Waals surface area contributed by atoms with Crippen LogP contribution in [0.1, 0.15) is 16.8 Å². The summed E-state index contributed by atoms with van der Waals surface area (Å²) in [6.45, 7) is 3.74. The third kappa shape index (κ3) is 2.21. The van der Waals surface area contributed by atoms with Gasteiger partial charge in [-0.05, 0) is 31.2 Å². The van der Waals surface area contributed by atoms with Crippen molar-refractivity contribution in [1.82, 2.24) is 19.7 Å². The van der Waals surface area contributed by atoms with E-state index in [4.69, 9.17) is 11.1 Å². The molecule has 7 heteroatoms. The fourth-order valence-electron chi connectivity index (χ4n) is 1.51. The van der Waals surface area contributed by atoms with E-state index in [2.05, 4.69) is 15.2 Å². The lowest BCUT2D eigenvalue weighted by Gasteiger charge is -2.10. The maximum Gasteiger partial charge on any atom is 0.174 e. The summed E-state index contributed by atoms with van der Waals surface area (Å²) in [5, 5.41) is 17.3. The maximum absolute atomic E-state index is 7.67. The Bertz CT molecular complexity index is 604. The fourth-order valence-corrected chi connectivity index (χ4v) is 2.45. The van der Waals surface area contributed by atoms with Crippen molar-refractivity contribution in [2.75, 3.05) is 0 Å². The zero-order valence-electron chi connectivity index (χ0n) is 10.4. The number of rotatable bonds is 3. The number of hydrogen-bond donors (Lipinski definition) is 2. The molecular formula is C11H14N6S. The molecule has 0 amide bonds. The first kappa shape index (κ1) is 12.6. The van der Waals surface area contributed by atoms with Crippen LogP contribution in [0, 0.1) is 19.3 Å². The number of nitrogens with two attached hydrogens (primary N) is 1. The molecule has 0 aliphatic heterocycles. The zero-order chi connectivity index (χ0) is 13.3.